The van der Waals surface area contributed by atoms with E-state index in [1.165, 1.54) is 0 Å². The molecular formula is C11H24O. The van der Waals surface area contributed by atoms with Gasteiger partial charge >= 0.3 is 0 Å². The van der Waals surface area contributed by atoms with E-state index in [-0.39, 0.29) is 6.10 Å². The molecular weight excluding hydrogens is 148 g/mol. The molecule has 0 saturated carbocycles. The second kappa shape index (κ2) is 4.86. The number of aliphatic hydroxyl groups excluding tert-OH is 1. The topological polar surface area (TPSA) is 20.2 Å². The van der Waals surface area contributed by atoms with E-state index in [1.54, 1.807) is 0 Å². The van der Waals surface area contributed by atoms with Crippen molar-refractivity contribution in [2.45, 2.75) is 47.6 Å². The summed E-state index contributed by atoms with van der Waals surface area (Å²) < 4.78 is 0. The monoisotopic (exact) mass is 172 g/mol. The zero-order valence-corrected chi connectivity index (χ0v) is 9.33. The largest absolute Gasteiger partial charge is 0.393 e. The molecule has 0 heterocycles. The predicted octanol–water partition coefficient (Wildman–Crippen LogP) is 2.93. The van der Waals surface area contributed by atoms with Crippen molar-refractivity contribution >= 4 is 0 Å². The van der Waals surface area contributed by atoms with Gasteiger partial charge in [-0.05, 0) is 23.7 Å². The summed E-state index contributed by atoms with van der Waals surface area (Å²) in [6.45, 7) is 12.9. The van der Waals surface area contributed by atoms with Gasteiger partial charge in [-0.1, -0.05) is 41.5 Å². The zero-order chi connectivity index (χ0) is 9.89. The second-order valence-electron chi connectivity index (χ2n) is 4.70. The van der Waals surface area contributed by atoms with E-state index in [0.29, 0.717) is 23.7 Å². The molecule has 0 aromatic rings. The lowest BCUT2D eigenvalue weighted by Gasteiger charge is -2.29. The van der Waals surface area contributed by atoms with Crippen molar-refractivity contribution in [1.29, 1.82) is 0 Å². The van der Waals surface area contributed by atoms with Crippen molar-refractivity contribution in [1.82, 2.24) is 0 Å². The minimum Gasteiger partial charge on any atom is -0.393 e. The summed E-state index contributed by atoms with van der Waals surface area (Å²) in [6, 6.07) is 0. The Morgan fingerprint density at radius 3 is 1.08 bits per heavy atom. The molecule has 0 aromatic carbocycles. The molecule has 12 heavy (non-hydrogen) atoms. The summed E-state index contributed by atoms with van der Waals surface area (Å²) in [5.41, 5.74) is 0. The van der Waals surface area contributed by atoms with Crippen molar-refractivity contribution in [2.75, 3.05) is 0 Å². The Bertz CT molecular complexity index is 104. The Morgan fingerprint density at radius 2 is 0.917 bits per heavy atom. The van der Waals surface area contributed by atoms with Gasteiger partial charge in [-0.25, -0.2) is 0 Å². The van der Waals surface area contributed by atoms with Crippen molar-refractivity contribution in [2.24, 2.45) is 23.7 Å². The fourth-order valence-electron chi connectivity index (χ4n) is 1.27. The number of rotatable bonds is 4. The fourth-order valence-corrected chi connectivity index (χ4v) is 1.27. The number of hydrogen-bond donors (Lipinski definition) is 1. The molecule has 0 aliphatic carbocycles. The summed E-state index contributed by atoms with van der Waals surface area (Å²) in [6.07, 6.45) is -0.148. The Kier molecular flexibility index (Phi) is 4.84. The van der Waals surface area contributed by atoms with Gasteiger partial charge in [0.05, 0.1) is 6.10 Å². The summed E-state index contributed by atoms with van der Waals surface area (Å²) in [5, 5.41) is 9.93. The van der Waals surface area contributed by atoms with Gasteiger partial charge in [-0.15, -0.1) is 0 Å². The van der Waals surface area contributed by atoms with Gasteiger partial charge in [0.1, 0.15) is 0 Å². The molecule has 1 N–H and O–H groups in total. The molecule has 1 heteroatoms. The Balaban J connectivity index is 4.08. The highest BCUT2D eigenvalue weighted by molar-refractivity contribution is 4.74. The lowest BCUT2D eigenvalue weighted by Crippen LogP contribution is -2.31. The van der Waals surface area contributed by atoms with E-state index in [0.717, 1.165) is 0 Å². The van der Waals surface area contributed by atoms with Crippen LogP contribution in [0.3, 0.4) is 0 Å². The van der Waals surface area contributed by atoms with Crippen LogP contribution in [-0.4, -0.2) is 11.2 Å². The zero-order valence-electron chi connectivity index (χ0n) is 9.33. The molecule has 2 unspecified atom stereocenters. The van der Waals surface area contributed by atoms with Crippen LogP contribution >= 0.6 is 0 Å². The van der Waals surface area contributed by atoms with Crippen LogP contribution in [0.2, 0.25) is 0 Å². The van der Waals surface area contributed by atoms with Crippen LogP contribution in [0.1, 0.15) is 41.5 Å². The molecule has 0 saturated heterocycles. The molecule has 1 nitrogen and oxygen atoms in total. The molecule has 0 bridgehead atoms. The lowest BCUT2D eigenvalue weighted by molar-refractivity contribution is 0.0272. The second-order valence-corrected chi connectivity index (χ2v) is 4.70. The van der Waals surface area contributed by atoms with E-state index >= 15 is 0 Å². The van der Waals surface area contributed by atoms with Crippen molar-refractivity contribution in [3.63, 3.8) is 0 Å². The quantitative estimate of drug-likeness (QED) is 0.691. The molecule has 0 amide bonds. The molecule has 0 aliphatic rings. The summed E-state index contributed by atoms with van der Waals surface area (Å²) in [7, 11) is 0. The SMILES string of the molecule is CC(C)C(C)C(O)C(C)C(C)C. The molecule has 2 atom stereocenters. The van der Waals surface area contributed by atoms with E-state index in [2.05, 4.69) is 41.5 Å². The number of aliphatic hydroxyl groups is 1. The Labute approximate surface area is 77.2 Å². The molecule has 0 aromatic heterocycles. The normalized spacial score (nSPS) is 19.8. The number of hydrogen-bond acceptors (Lipinski definition) is 1. The van der Waals surface area contributed by atoms with Crippen LogP contribution in [0, 0.1) is 23.7 Å². The van der Waals surface area contributed by atoms with E-state index in [4.69, 9.17) is 0 Å². The van der Waals surface area contributed by atoms with Gasteiger partial charge in [-0.2, -0.15) is 0 Å². The van der Waals surface area contributed by atoms with Gasteiger partial charge < -0.3 is 5.11 Å². The van der Waals surface area contributed by atoms with Crippen LogP contribution in [-0.2, 0) is 0 Å². The van der Waals surface area contributed by atoms with Gasteiger partial charge in [0, 0.05) is 0 Å². The highest BCUT2D eigenvalue weighted by Crippen LogP contribution is 2.24. The van der Waals surface area contributed by atoms with Gasteiger partial charge in [-0.3, -0.25) is 0 Å². The van der Waals surface area contributed by atoms with Gasteiger partial charge in [0.2, 0.25) is 0 Å². The molecule has 0 spiro atoms. The average Bonchev–Trinajstić information content (AvgIpc) is 2.00. The third kappa shape index (κ3) is 3.14. The highest BCUT2D eigenvalue weighted by Gasteiger charge is 2.25. The van der Waals surface area contributed by atoms with E-state index < -0.39 is 0 Å². The first-order valence-electron chi connectivity index (χ1n) is 5.06. The van der Waals surface area contributed by atoms with Crippen LogP contribution in [0.4, 0.5) is 0 Å². The highest BCUT2D eigenvalue weighted by atomic mass is 16.3. The van der Waals surface area contributed by atoms with E-state index in [1.807, 2.05) is 0 Å². The Morgan fingerprint density at radius 1 is 0.667 bits per heavy atom. The smallest absolute Gasteiger partial charge is 0.0596 e. The van der Waals surface area contributed by atoms with Crippen molar-refractivity contribution in [3.05, 3.63) is 0 Å². The predicted molar refractivity (Wildman–Crippen MR) is 54.0 cm³/mol. The maximum absolute atomic E-state index is 9.93. The molecule has 0 fully saturated rings. The maximum Gasteiger partial charge on any atom is 0.0596 e. The minimum atomic E-state index is -0.148. The van der Waals surface area contributed by atoms with Crippen LogP contribution in [0.5, 0.6) is 0 Å². The third-order valence-corrected chi connectivity index (χ3v) is 3.18. The summed E-state index contributed by atoms with van der Waals surface area (Å²) in [4.78, 5) is 0. The summed E-state index contributed by atoms with van der Waals surface area (Å²) in [5.74, 6) is 1.95. The molecule has 0 radical (unpaired) electrons. The van der Waals surface area contributed by atoms with E-state index in [9.17, 15) is 5.11 Å². The molecule has 74 valence electrons. The maximum atomic E-state index is 9.93. The first-order chi connectivity index (χ1) is 5.37. The minimum absolute atomic E-state index is 0.148. The Hall–Kier alpha value is -0.0400. The van der Waals surface area contributed by atoms with Gasteiger partial charge in [0.25, 0.3) is 0 Å². The molecule has 0 aliphatic heterocycles. The lowest BCUT2D eigenvalue weighted by atomic mass is 9.81. The average molecular weight is 172 g/mol. The van der Waals surface area contributed by atoms with Crippen LogP contribution in [0.15, 0.2) is 0 Å². The standard InChI is InChI=1S/C11H24O/c1-7(2)9(5)11(12)10(6)8(3)4/h7-12H,1-6H3. The van der Waals surface area contributed by atoms with Crippen LogP contribution in [0.25, 0.3) is 0 Å². The molecule has 0 rings (SSSR count). The van der Waals surface area contributed by atoms with Crippen molar-refractivity contribution < 1.29 is 5.11 Å². The first-order valence-corrected chi connectivity index (χ1v) is 5.06. The fraction of sp³-hybridized carbons (Fsp3) is 1.00. The summed E-state index contributed by atoms with van der Waals surface area (Å²) >= 11 is 0. The van der Waals surface area contributed by atoms with Crippen LogP contribution < -0.4 is 0 Å². The first kappa shape index (κ1) is 12.0. The van der Waals surface area contributed by atoms with Gasteiger partial charge in [0.15, 0.2) is 0 Å². The van der Waals surface area contributed by atoms with Crippen molar-refractivity contribution in [3.8, 4) is 0 Å². The third-order valence-electron chi connectivity index (χ3n) is 3.18.